The van der Waals surface area contributed by atoms with Gasteiger partial charge in [-0.3, -0.25) is 0 Å². The predicted octanol–water partition coefficient (Wildman–Crippen LogP) is 2.86. The molecule has 8 nitrogen and oxygen atoms in total. The van der Waals surface area contributed by atoms with Gasteiger partial charge in [0.1, 0.15) is 12.4 Å². The lowest BCUT2D eigenvalue weighted by Crippen LogP contribution is -2.49. The van der Waals surface area contributed by atoms with Crippen LogP contribution < -0.4 is 10.6 Å². The summed E-state index contributed by atoms with van der Waals surface area (Å²) in [6.07, 6.45) is 8.66. The van der Waals surface area contributed by atoms with Crippen molar-refractivity contribution in [3.63, 3.8) is 0 Å². The Hall–Kier alpha value is -0.940. The fourth-order valence-corrected chi connectivity index (χ4v) is 4.49. The lowest BCUT2D eigenvalue weighted by molar-refractivity contribution is 0.105. The average Bonchev–Trinajstić information content (AvgIpc) is 3.08. The minimum atomic E-state index is 0. The highest BCUT2D eigenvalue weighted by atomic mass is 127. The number of methoxy groups -OCH3 is 1. The van der Waals surface area contributed by atoms with E-state index in [1.165, 1.54) is 51.6 Å². The van der Waals surface area contributed by atoms with Gasteiger partial charge >= 0.3 is 0 Å². The van der Waals surface area contributed by atoms with Gasteiger partial charge in [-0.05, 0) is 70.9 Å². The van der Waals surface area contributed by atoms with Gasteiger partial charge < -0.3 is 24.8 Å². The molecular weight excluding hydrogens is 505 g/mol. The van der Waals surface area contributed by atoms with Crippen LogP contribution in [-0.2, 0) is 18.3 Å². The highest BCUT2D eigenvalue weighted by Crippen LogP contribution is 2.27. The first-order valence-corrected chi connectivity index (χ1v) is 11.7. The molecule has 3 rings (SSSR count). The van der Waals surface area contributed by atoms with E-state index in [4.69, 9.17) is 9.73 Å². The van der Waals surface area contributed by atoms with Crippen molar-refractivity contribution in [1.29, 1.82) is 0 Å². The number of ether oxygens (including phenoxy) is 1. The number of hydrogen-bond acceptors (Lipinski definition) is 5. The van der Waals surface area contributed by atoms with Crippen molar-refractivity contribution in [3.05, 3.63) is 11.6 Å². The van der Waals surface area contributed by atoms with Crippen LogP contribution >= 0.6 is 24.0 Å². The molecule has 31 heavy (non-hydrogen) atoms. The van der Waals surface area contributed by atoms with Crippen LogP contribution in [0.25, 0.3) is 0 Å². The van der Waals surface area contributed by atoms with Crippen LogP contribution in [0.4, 0.5) is 0 Å². The summed E-state index contributed by atoms with van der Waals surface area (Å²) in [6.45, 7) is 9.05. The summed E-state index contributed by atoms with van der Waals surface area (Å²) in [5.41, 5.74) is 0. The number of aliphatic imine (C=N–C) groups is 1. The Bertz CT molecular complexity index is 665. The number of guanidine groups is 1. The number of halogens is 1. The molecule has 0 unspecified atom stereocenters. The van der Waals surface area contributed by atoms with Crippen LogP contribution in [0.1, 0.15) is 63.5 Å². The number of likely N-dealkylation sites (tertiary alicyclic amines) is 1. The number of nitrogens with zero attached hydrogens (tertiary/aromatic N) is 5. The van der Waals surface area contributed by atoms with E-state index < -0.39 is 0 Å². The number of nitrogens with one attached hydrogen (secondary N) is 2. The maximum atomic E-state index is 5.17. The standard InChI is InChI=1S/C22H41N7O.HI/c1-17-10-13-29(14-11-17)20-8-6-19(7-9-20)25-22(23-12-5-15-30-4)24-16-21-27-26-18(2)28(21)3;/h17,19-20H,5-16H2,1-4H3,(H2,23,24,25);1H. The molecule has 178 valence electrons. The van der Waals surface area contributed by atoms with E-state index in [0.29, 0.717) is 12.6 Å². The van der Waals surface area contributed by atoms with Gasteiger partial charge in [-0.1, -0.05) is 6.92 Å². The summed E-state index contributed by atoms with van der Waals surface area (Å²) >= 11 is 0. The second kappa shape index (κ2) is 13.6. The summed E-state index contributed by atoms with van der Waals surface area (Å²) in [5, 5.41) is 15.5. The molecule has 2 fully saturated rings. The van der Waals surface area contributed by atoms with E-state index in [2.05, 4.69) is 32.7 Å². The molecule has 1 saturated carbocycles. The van der Waals surface area contributed by atoms with Crippen LogP contribution in [0, 0.1) is 12.8 Å². The van der Waals surface area contributed by atoms with Crippen LogP contribution in [0.5, 0.6) is 0 Å². The van der Waals surface area contributed by atoms with Gasteiger partial charge in [0, 0.05) is 39.4 Å². The molecule has 1 aromatic rings. The van der Waals surface area contributed by atoms with E-state index >= 15 is 0 Å². The number of rotatable bonds is 8. The van der Waals surface area contributed by atoms with Gasteiger partial charge in [0.15, 0.2) is 11.8 Å². The van der Waals surface area contributed by atoms with Gasteiger partial charge in [-0.2, -0.15) is 0 Å². The molecule has 1 saturated heterocycles. The van der Waals surface area contributed by atoms with E-state index in [9.17, 15) is 0 Å². The molecule has 0 spiro atoms. The monoisotopic (exact) mass is 547 g/mol. The molecule has 2 heterocycles. The smallest absolute Gasteiger partial charge is 0.191 e. The summed E-state index contributed by atoms with van der Waals surface area (Å²) < 4.78 is 7.17. The van der Waals surface area contributed by atoms with Crippen molar-refractivity contribution in [1.82, 2.24) is 30.3 Å². The van der Waals surface area contributed by atoms with Crippen LogP contribution in [0.3, 0.4) is 0 Å². The third-order valence-corrected chi connectivity index (χ3v) is 6.75. The molecule has 1 aliphatic carbocycles. The minimum Gasteiger partial charge on any atom is -0.385 e. The van der Waals surface area contributed by atoms with Crippen molar-refractivity contribution in [2.45, 2.75) is 77.4 Å². The normalized spacial score (nSPS) is 23.4. The van der Waals surface area contributed by atoms with E-state index in [0.717, 1.165) is 49.1 Å². The largest absolute Gasteiger partial charge is 0.385 e. The van der Waals surface area contributed by atoms with Gasteiger partial charge in [-0.25, -0.2) is 4.99 Å². The Balaban J connectivity index is 0.00000341. The Morgan fingerprint density at radius 2 is 1.84 bits per heavy atom. The first-order chi connectivity index (χ1) is 14.6. The number of piperidine rings is 1. The number of aryl methyl sites for hydroxylation is 1. The zero-order chi connectivity index (χ0) is 21.3. The first-order valence-electron chi connectivity index (χ1n) is 11.7. The van der Waals surface area contributed by atoms with Crippen molar-refractivity contribution < 1.29 is 4.74 Å². The molecule has 2 N–H and O–H groups in total. The summed E-state index contributed by atoms with van der Waals surface area (Å²) in [4.78, 5) is 7.54. The third kappa shape index (κ3) is 8.16. The first kappa shape index (κ1) is 26.3. The Morgan fingerprint density at radius 1 is 1.13 bits per heavy atom. The maximum absolute atomic E-state index is 5.17. The molecule has 1 aliphatic heterocycles. The molecule has 0 amide bonds. The Kier molecular flexibility index (Phi) is 11.5. The quantitative estimate of drug-likeness (QED) is 0.226. The van der Waals surface area contributed by atoms with Crippen LogP contribution in [0.2, 0.25) is 0 Å². The Labute approximate surface area is 205 Å². The van der Waals surface area contributed by atoms with Gasteiger partial charge in [0.05, 0.1) is 0 Å². The van der Waals surface area contributed by atoms with Crippen LogP contribution in [-0.4, -0.2) is 71.1 Å². The fourth-order valence-electron chi connectivity index (χ4n) is 4.49. The molecule has 0 radical (unpaired) electrons. The van der Waals surface area contributed by atoms with Crippen LogP contribution in [0.15, 0.2) is 4.99 Å². The third-order valence-electron chi connectivity index (χ3n) is 6.75. The van der Waals surface area contributed by atoms with Gasteiger partial charge in [0.25, 0.3) is 0 Å². The molecular formula is C22H42IN7O. The Morgan fingerprint density at radius 3 is 2.45 bits per heavy atom. The number of hydrogen-bond donors (Lipinski definition) is 2. The topological polar surface area (TPSA) is 79.6 Å². The molecule has 2 aliphatic rings. The number of aromatic nitrogens is 3. The minimum absolute atomic E-state index is 0. The second-order valence-electron chi connectivity index (χ2n) is 9.03. The van der Waals surface area contributed by atoms with E-state index in [-0.39, 0.29) is 24.0 Å². The molecule has 0 bridgehead atoms. The summed E-state index contributed by atoms with van der Waals surface area (Å²) in [5.74, 6) is 3.57. The van der Waals surface area contributed by atoms with Gasteiger partial charge in [-0.15, -0.1) is 34.2 Å². The highest BCUT2D eigenvalue weighted by molar-refractivity contribution is 14.0. The van der Waals surface area contributed by atoms with Crippen molar-refractivity contribution in [2.75, 3.05) is 33.4 Å². The summed E-state index contributed by atoms with van der Waals surface area (Å²) in [6, 6.07) is 1.26. The highest BCUT2D eigenvalue weighted by Gasteiger charge is 2.28. The zero-order valence-electron chi connectivity index (χ0n) is 19.8. The van der Waals surface area contributed by atoms with Crippen molar-refractivity contribution >= 4 is 29.9 Å². The second-order valence-corrected chi connectivity index (χ2v) is 9.03. The van der Waals surface area contributed by atoms with E-state index in [1.54, 1.807) is 7.11 Å². The SMILES string of the molecule is COCCCNC(=NCc1nnc(C)n1C)NC1CCC(N2CCC(C)CC2)CC1.I. The fraction of sp³-hybridized carbons (Fsp3) is 0.864. The lowest BCUT2D eigenvalue weighted by atomic mass is 9.88. The van der Waals surface area contributed by atoms with Gasteiger partial charge in [0.2, 0.25) is 0 Å². The van der Waals surface area contributed by atoms with Crippen molar-refractivity contribution in [3.8, 4) is 0 Å². The molecule has 0 atom stereocenters. The van der Waals surface area contributed by atoms with E-state index in [1.807, 2.05) is 18.5 Å². The molecule has 0 aromatic carbocycles. The predicted molar refractivity (Wildman–Crippen MR) is 136 cm³/mol. The average molecular weight is 548 g/mol. The molecule has 9 heteroatoms. The lowest BCUT2D eigenvalue weighted by Gasteiger charge is -2.40. The zero-order valence-corrected chi connectivity index (χ0v) is 22.1. The maximum Gasteiger partial charge on any atom is 0.191 e. The molecule has 1 aromatic heterocycles. The van der Waals surface area contributed by atoms with Crippen molar-refractivity contribution in [2.24, 2.45) is 18.0 Å². The summed E-state index contributed by atoms with van der Waals surface area (Å²) in [7, 11) is 3.73.